The van der Waals surface area contributed by atoms with Crippen molar-refractivity contribution in [3.8, 4) is 0 Å². The summed E-state index contributed by atoms with van der Waals surface area (Å²) in [5.74, 6) is 0. The molecule has 1 rings (SSSR count). The molecule has 0 aromatic heterocycles. The Morgan fingerprint density at radius 3 is 2.47 bits per heavy atom. The van der Waals surface area contributed by atoms with Crippen molar-refractivity contribution in [1.82, 2.24) is 4.90 Å². The summed E-state index contributed by atoms with van der Waals surface area (Å²) >= 11 is 0. The molecule has 0 radical (unpaired) electrons. The third-order valence-electron chi connectivity index (χ3n) is 1.82. The van der Waals surface area contributed by atoms with E-state index in [1.807, 2.05) is 38.4 Å². The van der Waals surface area contributed by atoms with Crippen LogP contribution in [0.25, 0.3) is 0 Å². The first-order chi connectivity index (χ1) is 7.13. The van der Waals surface area contributed by atoms with Crippen LogP contribution in [-0.4, -0.2) is 25.4 Å². The molecule has 1 aromatic rings. The van der Waals surface area contributed by atoms with E-state index in [4.69, 9.17) is 5.14 Å². The van der Waals surface area contributed by atoms with Crippen molar-refractivity contribution in [3.63, 3.8) is 0 Å². The third kappa shape index (κ3) is 3.91. The minimum absolute atomic E-state index is 0.497. The first-order valence-electron chi connectivity index (χ1n) is 4.50. The zero-order valence-electron chi connectivity index (χ0n) is 8.88. The van der Waals surface area contributed by atoms with Gasteiger partial charge in [-0.1, -0.05) is 12.1 Å². The average molecular weight is 225 g/mol. The van der Waals surface area contributed by atoms with Gasteiger partial charge < -0.3 is 4.90 Å². The van der Waals surface area contributed by atoms with E-state index in [-0.39, 0.29) is 0 Å². The molecule has 0 saturated carbocycles. The minimum Gasteiger partial charge on any atom is -0.305 e. The highest BCUT2D eigenvalue weighted by molar-refractivity contribution is 7.85. The van der Waals surface area contributed by atoms with Gasteiger partial charge in [0, 0.05) is 22.3 Å². The number of amides is 1. The summed E-state index contributed by atoms with van der Waals surface area (Å²) in [6.45, 7) is 0.892. The fraction of sp³-hybridized carbons (Fsp3) is 0.300. The summed E-state index contributed by atoms with van der Waals surface area (Å²) in [6, 6.07) is 7.83. The number of carbonyl (C=O) groups excluding carboxylic acids is 1. The molecular formula is C10H15N3OS. The van der Waals surface area contributed by atoms with Gasteiger partial charge in [0.05, 0.1) is 0 Å². The second-order valence-corrected chi connectivity index (χ2v) is 4.72. The molecule has 4 nitrogen and oxygen atoms in total. The second-order valence-electron chi connectivity index (χ2n) is 3.41. The Hall–Kier alpha value is -1.04. The van der Waals surface area contributed by atoms with E-state index in [2.05, 4.69) is 9.26 Å². The van der Waals surface area contributed by atoms with E-state index in [1.54, 1.807) is 0 Å². The van der Waals surface area contributed by atoms with Crippen LogP contribution in [-0.2, 0) is 22.2 Å². The lowest BCUT2D eigenvalue weighted by molar-refractivity contribution is -0.106. The van der Waals surface area contributed by atoms with Crippen molar-refractivity contribution in [3.05, 3.63) is 29.8 Å². The van der Waals surface area contributed by atoms with E-state index >= 15 is 0 Å². The van der Waals surface area contributed by atoms with Crippen LogP contribution in [0.5, 0.6) is 0 Å². The van der Waals surface area contributed by atoms with Crippen molar-refractivity contribution in [2.24, 2.45) is 9.50 Å². The molecule has 1 amide bonds. The van der Waals surface area contributed by atoms with Gasteiger partial charge in [-0.25, -0.2) is 0 Å². The fourth-order valence-corrected chi connectivity index (χ4v) is 1.84. The minimum atomic E-state index is -0.811. The van der Waals surface area contributed by atoms with Gasteiger partial charge >= 0.3 is 0 Å². The van der Waals surface area contributed by atoms with Crippen LogP contribution in [0.15, 0.2) is 33.5 Å². The van der Waals surface area contributed by atoms with Gasteiger partial charge in [0.2, 0.25) is 6.41 Å². The number of rotatable bonds is 4. The van der Waals surface area contributed by atoms with Gasteiger partial charge in [-0.15, -0.1) is 0 Å². The van der Waals surface area contributed by atoms with Gasteiger partial charge in [0.1, 0.15) is 0 Å². The molecule has 1 unspecified atom stereocenters. The Labute approximate surface area is 92.3 Å². The van der Waals surface area contributed by atoms with Crippen LogP contribution < -0.4 is 5.14 Å². The number of carbonyl (C=O) groups is 1. The number of benzene rings is 1. The van der Waals surface area contributed by atoms with Crippen molar-refractivity contribution in [2.45, 2.75) is 11.4 Å². The average Bonchev–Trinajstić information content (AvgIpc) is 2.18. The van der Waals surface area contributed by atoms with E-state index < -0.39 is 10.9 Å². The van der Waals surface area contributed by atoms with Crippen molar-refractivity contribution in [2.75, 3.05) is 14.1 Å². The summed E-state index contributed by atoms with van der Waals surface area (Å²) in [7, 11) is 3.22. The molecule has 2 N–H and O–H groups in total. The number of hydrogen-bond donors (Lipinski definition) is 1. The van der Waals surface area contributed by atoms with Gasteiger partial charge in [0.15, 0.2) is 0 Å². The van der Waals surface area contributed by atoms with Crippen LogP contribution in [0.4, 0.5) is 0 Å². The molecule has 0 fully saturated rings. The highest BCUT2D eigenvalue weighted by Gasteiger charge is 1.98. The molecule has 1 aromatic carbocycles. The van der Waals surface area contributed by atoms with Crippen molar-refractivity contribution in [1.29, 1.82) is 0 Å². The molecule has 1 atom stereocenters. The zero-order valence-corrected chi connectivity index (χ0v) is 9.70. The topological polar surface area (TPSA) is 58.7 Å². The van der Waals surface area contributed by atoms with Gasteiger partial charge in [-0.05, 0) is 31.8 Å². The molecule has 0 spiro atoms. The Morgan fingerprint density at radius 2 is 2.00 bits per heavy atom. The van der Waals surface area contributed by atoms with Crippen LogP contribution in [0.3, 0.4) is 0 Å². The summed E-state index contributed by atoms with van der Waals surface area (Å²) in [6.07, 6.45) is 0.497. The molecule has 15 heavy (non-hydrogen) atoms. The maximum atomic E-state index is 10.2. The second kappa shape index (κ2) is 5.75. The fourth-order valence-electron chi connectivity index (χ4n) is 1.21. The zero-order chi connectivity index (χ0) is 11.3. The molecule has 0 bridgehead atoms. The normalized spacial score (nSPS) is 13.1. The van der Waals surface area contributed by atoms with E-state index in [1.165, 1.54) is 5.56 Å². The maximum absolute atomic E-state index is 10.2. The highest BCUT2D eigenvalue weighted by atomic mass is 32.2. The quantitative estimate of drug-likeness (QED) is 0.776. The third-order valence-corrected chi connectivity index (χ3v) is 2.89. The summed E-state index contributed by atoms with van der Waals surface area (Å²) < 4.78 is 3.60. The molecule has 0 aliphatic carbocycles. The number of nitrogens with zero attached hydrogens (tertiary/aromatic N) is 2. The summed E-state index contributed by atoms with van der Waals surface area (Å²) in [4.78, 5) is 13.1. The smallest absolute Gasteiger partial charge is 0.240 e. The molecule has 0 aliphatic heterocycles. The largest absolute Gasteiger partial charge is 0.305 e. The first-order valence-corrected chi connectivity index (χ1v) is 5.75. The standard InChI is InChI=1S/C10H15N3OS/c1-13(2)7-9-3-5-10(6-4-9)15(11)12-8-14/h3-6,8H,7H2,1-2H3,(H2,11,12,14). The maximum Gasteiger partial charge on any atom is 0.240 e. The highest BCUT2D eigenvalue weighted by Crippen LogP contribution is 2.08. The lowest BCUT2D eigenvalue weighted by atomic mass is 10.2. The predicted molar refractivity (Wildman–Crippen MR) is 62.1 cm³/mol. The summed E-state index contributed by atoms with van der Waals surface area (Å²) in [5.41, 5.74) is 1.21. The number of nitrogens with two attached hydrogens (primary N) is 1. The molecule has 82 valence electrons. The molecular weight excluding hydrogens is 210 g/mol. The van der Waals surface area contributed by atoms with Gasteiger partial charge in [-0.2, -0.15) is 4.36 Å². The predicted octanol–water partition coefficient (Wildman–Crippen LogP) is 0.939. The summed E-state index contributed by atoms with van der Waals surface area (Å²) in [5, 5.41) is 5.68. The molecule has 0 saturated heterocycles. The van der Waals surface area contributed by atoms with Crippen molar-refractivity contribution < 1.29 is 4.79 Å². The molecule has 0 heterocycles. The van der Waals surface area contributed by atoms with E-state index in [9.17, 15) is 4.79 Å². The number of hydrogen-bond acceptors (Lipinski definition) is 2. The molecule has 0 aliphatic rings. The van der Waals surface area contributed by atoms with Crippen molar-refractivity contribution >= 4 is 17.3 Å². The Balaban J connectivity index is 2.80. The first kappa shape index (κ1) is 12.0. The van der Waals surface area contributed by atoms with Crippen LogP contribution in [0.2, 0.25) is 0 Å². The van der Waals surface area contributed by atoms with Crippen LogP contribution >= 0.6 is 0 Å². The van der Waals surface area contributed by atoms with Gasteiger partial charge in [0.25, 0.3) is 0 Å². The van der Waals surface area contributed by atoms with Crippen LogP contribution in [0.1, 0.15) is 5.56 Å². The Bertz CT molecular complexity index is 359. The van der Waals surface area contributed by atoms with Gasteiger partial charge in [-0.3, -0.25) is 9.93 Å². The Kier molecular flexibility index (Phi) is 4.61. The SMILES string of the molecule is CN(C)Cc1ccc(S(N)=NC=O)cc1. The monoisotopic (exact) mass is 225 g/mol. The van der Waals surface area contributed by atoms with E-state index in [0.717, 1.165) is 11.4 Å². The van der Waals surface area contributed by atoms with Crippen LogP contribution in [0, 0.1) is 0 Å². The Morgan fingerprint density at radius 1 is 1.40 bits per heavy atom. The molecule has 5 heteroatoms. The van der Waals surface area contributed by atoms with E-state index in [0.29, 0.717) is 6.41 Å². The lowest BCUT2D eigenvalue weighted by Crippen LogP contribution is -2.10. The lowest BCUT2D eigenvalue weighted by Gasteiger charge is -2.09.